The van der Waals surface area contributed by atoms with Gasteiger partial charge in [0.15, 0.2) is 0 Å². The van der Waals surface area contributed by atoms with Gasteiger partial charge in [0.1, 0.15) is 12.3 Å². The third kappa shape index (κ3) is 4.14. The highest BCUT2D eigenvalue weighted by Crippen LogP contribution is 2.08. The summed E-state index contributed by atoms with van der Waals surface area (Å²) >= 11 is 0. The van der Waals surface area contributed by atoms with Crippen molar-refractivity contribution in [1.82, 2.24) is 20.4 Å². The molecule has 2 heterocycles. The molecule has 0 aliphatic heterocycles. The first-order chi connectivity index (χ1) is 12.1. The first-order valence-electron chi connectivity index (χ1n) is 7.83. The number of nitrogens with one attached hydrogen (secondary N) is 2. The van der Waals surface area contributed by atoms with Crippen LogP contribution < -0.4 is 10.6 Å². The van der Waals surface area contributed by atoms with Gasteiger partial charge in [-0.25, -0.2) is 4.68 Å². The van der Waals surface area contributed by atoms with Crippen LogP contribution in [0.25, 0.3) is 5.69 Å². The molecule has 2 aromatic heterocycles. The standard InChI is InChI=1S/C18H18N4O3/c1-13(21-18(24)15-7-10-25-12-15)17(23)19-11-14-3-5-16(6-4-14)22-9-2-8-20-22/h2-10,12-13H,11H2,1H3,(H,19,23)(H,21,24)/t13-/m1/s1. The largest absolute Gasteiger partial charge is 0.472 e. The molecule has 1 aromatic carbocycles. The highest BCUT2D eigenvalue weighted by Gasteiger charge is 2.16. The zero-order valence-electron chi connectivity index (χ0n) is 13.7. The Morgan fingerprint density at radius 1 is 1.24 bits per heavy atom. The molecule has 0 fully saturated rings. The Morgan fingerprint density at radius 2 is 2.04 bits per heavy atom. The number of amides is 2. The zero-order chi connectivity index (χ0) is 17.6. The Kier molecular flexibility index (Phi) is 4.94. The Hall–Kier alpha value is -3.35. The molecule has 7 nitrogen and oxygen atoms in total. The van der Waals surface area contributed by atoms with Gasteiger partial charge in [-0.1, -0.05) is 12.1 Å². The molecule has 3 rings (SSSR count). The summed E-state index contributed by atoms with van der Waals surface area (Å²) in [6.07, 6.45) is 6.32. The molecule has 0 aliphatic carbocycles. The average molecular weight is 338 g/mol. The van der Waals surface area contributed by atoms with Gasteiger partial charge in [-0.15, -0.1) is 0 Å². The van der Waals surface area contributed by atoms with Crippen molar-refractivity contribution in [2.24, 2.45) is 0 Å². The maximum absolute atomic E-state index is 12.1. The lowest BCUT2D eigenvalue weighted by atomic mass is 10.2. The molecule has 0 bridgehead atoms. The number of carbonyl (C=O) groups excluding carboxylic acids is 2. The van der Waals surface area contributed by atoms with Crippen LogP contribution in [0.3, 0.4) is 0 Å². The summed E-state index contributed by atoms with van der Waals surface area (Å²) in [4.78, 5) is 24.0. The minimum atomic E-state index is -0.647. The van der Waals surface area contributed by atoms with Crippen molar-refractivity contribution in [3.8, 4) is 5.69 Å². The fourth-order valence-electron chi connectivity index (χ4n) is 2.27. The summed E-state index contributed by atoms with van der Waals surface area (Å²) in [5.74, 6) is -0.604. The fourth-order valence-corrected chi connectivity index (χ4v) is 2.27. The van der Waals surface area contributed by atoms with E-state index in [1.807, 2.05) is 36.5 Å². The number of hydrogen-bond donors (Lipinski definition) is 2. The van der Waals surface area contributed by atoms with E-state index in [0.29, 0.717) is 12.1 Å². The summed E-state index contributed by atoms with van der Waals surface area (Å²) in [6.45, 7) is 2.01. The van der Waals surface area contributed by atoms with Gasteiger partial charge in [-0.3, -0.25) is 9.59 Å². The van der Waals surface area contributed by atoms with Crippen molar-refractivity contribution < 1.29 is 14.0 Å². The second-order valence-corrected chi connectivity index (χ2v) is 5.54. The molecule has 7 heteroatoms. The van der Waals surface area contributed by atoms with Crippen LogP contribution in [-0.2, 0) is 11.3 Å². The van der Waals surface area contributed by atoms with Gasteiger partial charge in [-0.2, -0.15) is 5.10 Å². The van der Waals surface area contributed by atoms with Crippen LogP contribution in [0.15, 0.2) is 65.7 Å². The number of aromatic nitrogens is 2. The summed E-state index contributed by atoms with van der Waals surface area (Å²) in [7, 11) is 0. The molecular formula is C18H18N4O3. The molecule has 0 saturated carbocycles. The summed E-state index contributed by atoms with van der Waals surface area (Å²) < 4.78 is 6.61. The maximum Gasteiger partial charge on any atom is 0.255 e. The molecule has 128 valence electrons. The molecule has 25 heavy (non-hydrogen) atoms. The molecule has 0 unspecified atom stereocenters. The predicted molar refractivity (Wildman–Crippen MR) is 91.0 cm³/mol. The minimum absolute atomic E-state index is 0.256. The van der Waals surface area contributed by atoms with E-state index in [2.05, 4.69) is 15.7 Å². The lowest BCUT2D eigenvalue weighted by molar-refractivity contribution is -0.122. The number of furan rings is 1. The minimum Gasteiger partial charge on any atom is -0.472 e. The molecule has 2 N–H and O–H groups in total. The molecule has 1 atom stereocenters. The first kappa shape index (κ1) is 16.5. The van der Waals surface area contributed by atoms with E-state index in [0.717, 1.165) is 11.3 Å². The fraction of sp³-hybridized carbons (Fsp3) is 0.167. The van der Waals surface area contributed by atoms with Gasteiger partial charge in [0, 0.05) is 18.9 Å². The van der Waals surface area contributed by atoms with Crippen LogP contribution in [0.1, 0.15) is 22.8 Å². The molecule has 0 radical (unpaired) electrons. The van der Waals surface area contributed by atoms with Crippen molar-refractivity contribution in [3.63, 3.8) is 0 Å². The Bertz CT molecular complexity index is 824. The van der Waals surface area contributed by atoms with Crippen molar-refractivity contribution >= 4 is 11.8 Å². The second-order valence-electron chi connectivity index (χ2n) is 5.54. The van der Waals surface area contributed by atoms with Gasteiger partial charge in [0.05, 0.1) is 17.5 Å². The number of benzene rings is 1. The monoisotopic (exact) mass is 338 g/mol. The van der Waals surface area contributed by atoms with Gasteiger partial charge in [-0.05, 0) is 36.8 Å². The number of rotatable bonds is 6. The number of hydrogen-bond acceptors (Lipinski definition) is 4. The van der Waals surface area contributed by atoms with Crippen LogP contribution >= 0.6 is 0 Å². The second kappa shape index (κ2) is 7.48. The lowest BCUT2D eigenvalue weighted by Gasteiger charge is -2.13. The molecule has 2 amide bonds. The van der Waals surface area contributed by atoms with Crippen LogP contribution in [0, 0.1) is 0 Å². The Labute approximate surface area is 144 Å². The van der Waals surface area contributed by atoms with Gasteiger partial charge in [0.2, 0.25) is 5.91 Å². The molecule has 0 spiro atoms. The third-order valence-electron chi connectivity index (χ3n) is 3.70. The predicted octanol–water partition coefficient (Wildman–Crippen LogP) is 1.90. The summed E-state index contributed by atoms with van der Waals surface area (Å²) in [5, 5.41) is 9.59. The highest BCUT2D eigenvalue weighted by atomic mass is 16.3. The normalized spacial score (nSPS) is 11.7. The van der Waals surface area contributed by atoms with Crippen molar-refractivity contribution in [3.05, 3.63) is 72.4 Å². The van der Waals surface area contributed by atoms with Crippen LogP contribution in [0.4, 0.5) is 0 Å². The number of carbonyl (C=O) groups is 2. The van der Waals surface area contributed by atoms with E-state index >= 15 is 0 Å². The maximum atomic E-state index is 12.1. The molecular weight excluding hydrogens is 320 g/mol. The van der Waals surface area contributed by atoms with Crippen molar-refractivity contribution in [2.45, 2.75) is 19.5 Å². The SMILES string of the molecule is C[C@@H](NC(=O)c1ccoc1)C(=O)NCc1ccc(-n2cccn2)cc1. The lowest BCUT2D eigenvalue weighted by Crippen LogP contribution is -2.44. The van der Waals surface area contributed by atoms with Crippen LogP contribution in [0.5, 0.6) is 0 Å². The van der Waals surface area contributed by atoms with E-state index in [-0.39, 0.29) is 11.8 Å². The van der Waals surface area contributed by atoms with E-state index in [9.17, 15) is 9.59 Å². The highest BCUT2D eigenvalue weighted by molar-refractivity contribution is 5.97. The van der Waals surface area contributed by atoms with E-state index in [1.54, 1.807) is 23.9 Å². The van der Waals surface area contributed by atoms with Gasteiger partial charge >= 0.3 is 0 Å². The van der Waals surface area contributed by atoms with Gasteiger partial charge in [0.25, 0.3) is 5.91 Å². The van der Waals surface area contributed by atoms with Crippen LogP contribution in [-0.4, -0.2) is 27.6 Å². The smallest absolute Gasteiger partial charge is 0.255 e. The summed E-state index contributed by atoms with van der Waals surface area (Å²) in [5.41, 5.74) is 2.28. The topological polar surface area (TPSA) is 89.2 Å². The first-order valence-corrected chi connectivity index (χ1v) is 7.83. The Balaban J connectivity index is 1.50. The van der Waals surface area contributed by atoms with Crippen molar-refractivity contribution in [2.75, 3.05) is 0 Å². The average Bonchev–Trinajstić information content (AvgIpc) is 3.33. The van der Waals surface area contributed by atoms with E-state index < -0.39 is 6.04 Å². The molecule has 3 aromatic rings. The van der Waals surface area contributed by atoms with Crippen LogP contribution in [0.2, 0.25) is 0 Å². The van der Waals surface area contributed by atoms with Gasteiger partial charge < -0.3 is 15.1 Å². The Morgan fingerprint density at radius 3 is 2.68 bits per heavy atom. The molecule has 0 saturated heterocycles. The van der Waals surface area contributed by atoms with Crippen molar-refractivity contribution in [1.29, 1.82) is 0 Å². The van der Waals surface area contributed by atoms with E-state index in [4.69, 9.17) is 4.42 Å². The zero-order valence-corrected chi connectivity index (χ0v) is 13.7. The molecule has 0 aliphatic rings. The summed E-state index contributed by atoms with van der Waals surface area (Å²) in [6, 6.07) is 10.5. The third-order valence-corrected chi connectivity index (χ3v) is 3.70. The van der Waals surface area contributed by atoms with E-state index in [1.165, 1.54) is 12.5 Å². The quantitative estimate of drug-likeness (QED) is 0.718. The number of nitrogens with zero attached hydrogens (tertiary/aromatic N) is 2.